The fourth-order valence-corrected chi connectivity index (χ4v) is 3.06. The van der Waals surface area contributed by atoms with Gasteiger partial charge in [0.1, 0.15) is 17.7 Å². The van der Waals surface area contributed by atoms with E-state index in [1.54, 1.807) is 12.1 Å². The van der Waals surface area contributed by atoms with E-state index in [-0.39, 0.29) is 18.0 Å². The highest BCUT2D eigenvalue weighted by Gasteiger charge is 2.29. The van der Waals surface area contributed by atoms with Crippen molar-refractivity contribution in [1.29, 1.82) is 0 Å². The Hall–Kier alpha value is -1.10. The van der Waals surface area contributed by atoms with Crippen molar-refractivity contribution >= 4 is 27.5 Å². The maximum Gasteiger partial charge on any atom is 0.137 e. The average molecular weight is 371 g/mol. The molecule has 2 unspecified atom stereocenters. The molecular formula is C16H14BrClFNO. The molecule has 2 aromatic rings. The Balaban J connectivity index is 1.96. The van der Waals surface area contributed by atoms with E-state index in [0.717, 1.165) is 23.3 Å². The van der Waals surface area contributed by atoms with E-state index in [2.05, 4.69) is 21.2 Å². The molecule has 0 bridgehead atoms. The van der Waals surface area contributed by atoms with Crippen molar-refractivity contribution in [3.8, 4) is 5.75 Å². The van der Waals surface area contributed by atoms with E-state index < -0.39 is 0 Å². The predicted octanol–water partition coefficient (Wildman–Crippen LogP) is 5.03. The van der Waals surface area contributed by atoms with E-state index in [0.29, 0.717) is 9.50 Å². The summed E-state index contributed by atoms with van der Waals surface area (Å²) in [5, 5.41) is 3.96. The van der Waals surface area contributed by atoms with Crippen LogP contribution in [0.25, 0.3) is 0 Å². The zero-order chi connectivity index (χ0) is 15.0. The molecule has 0 aliphatic carbocycles. The molecule has 1 heterocycles. The van der Waals surface area contributed by atoms with Crippen molar-refractivity contribution in [2.75, 3.05) is 7.05 Å². The summed E-state index contributed by atoms with van der Waals surface area (Å²) in [6.07, 6.45) is 0.545. The third-order valence-corrected chi connectivity index (χ3v) is 4.61. The zero-order valence-electron chi connectivity index (χ0n) is 11.4. The molecule has 3 rings (SSSR count). The molecule has 5 heteroatoms. The van der Waals surface area contributed by atoms with Gasteiger partial charge in [-0.25, -0.2) is 4.39 Å². The van der Waals surface area contributed by atoms with E-state index in [9.17, 15) is 4.39 Å². The molecule has 1 aliphatic rings. The van der Waals surface area contributed by atoms with Gasteiger partial charge in [-0.05, 0) is 58.9 Å². The van der Waals surface area contributed by atoms with Crippen molar-refractivity contribution < 1.29 is 9.13 Å². The maximum atomic E-state index is 13.7. The summed E-state index contributed by atoms with van der Waals surface area (Å²) < 4.78 is 20.2. The Morgan fingerprint density at radius 1 is 1.29 bits per heavy atom. The van der Waals surface area contributed by atoms with Gasteiger partial charge in [0.05, 0.1) is 4.47 Å². The molecule has 0 spiro atoms. The summed E-state index contributed by atoms with van der Waals surface area (Å²) in [5.74, 6) is 0.511. The summed E-state index contributed by atoms with van der Waals surface area (Å²) in [7, 11) is 1.90. The third kappa shape index (κ3) is 2.93. The van der Waals surface area contributed by atoms with Gasteiger partial charge in [0.15, 0.2) is 0 Å². The van der Waals surface area contributed by atoms with Gasteiger partial charge in [-0.1, -0.05) is 17.7 Å². The highest BCUT2D eigenvalue weighted by atomic mass is 79.9. The second kappa shape index (κ2) is 5.95. The van der Waals surface area contributed by atoms with E-state index in [1.165, 1.54) is 6.07 Å². The molecule has 2 atom stereocenters. The van der Waals surface area contributed by atoms with Gasteiger partial charge in [0, 0.05) is 23.0 Å². The molecule has 0 aromatic heterocycles. The molecule has 0 saturated heterocycles. The van der Waals surface area contributed by atoms with Crippen molar-refractivity contribution in [2.45, 2.75) is 18.6 Å². The topological polar surface area (TPSA) is 21.3 Å². The van der Waals surface area contributed by atoms with E-state index >= 15 is 0 Å². The number of nitrogens with one attached hydrogen (secondary N) is 1. The van der Waals surface area contributed by atoms with Gasteiger partial charge in [-0.3, -0.25) is 0 Å². The highest BCUT2D eigenvalue weighted by Crippen LogP contribution is 2.42. The lowest BCUT2D eigenvalue weighted by atomic mass is 9.93. The molecule has 2 nitrogen and oxygen atoms in total. The van der Waals surface area contributed by atoms with Crippen LogP contribution in [0.1, 0.15) is 29.7 Å². The Bertz CT molecular complexity index is 679. The van der Waals surface area contributed by atoms with Crippen LogP contribution in [0.4, 0.5) is 4.39 Å². The number of rotatable bonds is 2. The summed E-state index contributed by atoms with van der Waals surface area (Å²) in [4.78, 5) is 0. The predicted molar refractivity (Wildman–Crippen MR) is 85.3 cm³/mol. The van der Waals surface area contributed by atoms with Gasteiger partial charge in [0.2, 0.25) is 0 Å². The van der Waals surface area contributed by atoms with Crippen molar-refractivity contribution in [3.05, 3.63) is 62.8 Å². The third-order valence-electron chi connectivity index (χ3n) is 3.73. The summed E-state index contributed by atoms with van der Waals surface area (Å²) >= 11 is 9.22. The molecule has 2 aromatic carbocycles. The Morgan fingerprint density at radius 2 is 2.10 bits per heavy atom. The normalized spacial score (nSPS) is 20.8. The van der Waals surface area contributed by atoms with Crippen molar-refractivity contribution in [1.82, 2.24) is 5.32 Å². The molecule has 0 saturated carbocycles. The van der Waals surface area contributed by atoms with Crippen molar-refractivity contribution in [3.63, 3.8) is 0 Å². The van der Waals surface area contributed by atoms with Gasteiger partial charge in [-0.2, -0.15) is 0 Å². The van der Waals surface area contributed by atoms with Gasteiger partial charge < -0.3 is 10.1 Å². The van der Waals surface area contributed by atoms with Gasteiger partial charge in [-0.15, -0.1) is 0 Å². The lowest BCUT2D eigenvalue weighted by Gasteiger charge is -2.32. The van der Waals surface area contributed by atoms with Crippen LogP contribution in [-0.2, 0) is 0 Å². The standard InChI is InChI=1S/C16H14BrClFNO/c1-20-14-8-16(9-2-4-12(17)13(19)6-9)21-15-5-3-10(18)7-11(14)15/h2-7,14,16,20H,8H2,1H3. The van der Waals surface area contributed by atoms with Crippen LogP contribution < -0.4 is 10.1 Å². The number of hydrogen-bond donors (Lipinski definition) is 1. The first kappa shape index (κ1) is 14.8. The monoisotopic (exact) mass is 369 g/mol. The fraction of sp³-hybridized carbons (Fsp3) is 0.250. The molecule has 1 N–H and O–H groups in total. The average Bonchev–Trinajstić information content (AvgIpc) is 2.49. The minimum absolute atomic E-state index is 0.129. The molecule has 0 radical (unpaired) electrons. The molecule has 1 aliphatic heterocycles. The largest absolute Gasteiger partial charge is 0.485 e. The van der Waals surface area contributed by atoms with Crippen LogP contribution in [0, 0.1) is 5.82 Å². The molecule has 0 amide bonds. The van der Waals surface area contributed by atoms with Gasteiger partial charge >= 0.3 is 0 Å². The molecule has 110 valence electrons. The summed E-state index contributed by atoms with van der Waals surface area (Å²) in [6, 6.07) is 10.8. The van der Waals surface area contributed by atoms with Crippen LogP contribution >= 0.6 is 27.5 Å². The number of fused-ring (bicyclic) bond motifs is 1. The number of halogens is 3. The Morgan fingerprint density at radius 3 is 2.81 bits per heavy atom. The lowest BCUT2D eigenvalue weighted by molar-refractivity contribution is 0.153. The minimum atomic E-state index is -0.279. The van der Waals surface area contributed by atoms with Crippen LogP contribution in [0.3, 0.4) is 0 Å². The first-order chi connectivity index (χ1) is 10.1. The second-order valence-electron chi connectivity index (χ2n) is 5.04. The van der Waals surface area contributed by atoms with Gasteiger partial charge in [0.25, 0.3) is 0 Å². The summed E-state index contributed by atoms with van der Waals surface area (Å²) in [5.41, 5.74) is 1.87. The molecule has 21 heavy (non-hydrogen) atoms. The van der Waals surface area contributed by atoms with E-state index in [1.807, 2.05) is 25.2 Å². The fourth-order valence-electron chi connectivity index (χ4n) is 2.63. The molecular weight excluding hydrogens is 357 g/mol. The smallest absolute Gasteiger partial charge is 0.137 e. The quantitative estimate of drug-likeness (QED) is 0.801. The maximum absolute atomic E-state index is 13.7. The van der Waals surface area contributed by atoms with Crippen molar-refractivity contribution in [2.24, 2.45) is 0 Å². The highest BCUT2D eigenvalue weighted by molar-refractivity contribution is 9.10. The summed E-state index contributed by atoms with van der Waals surface area (Å²) in [6.45, 7) is 0. The van der Waals surface area contributed by atoms with Crippen LogP contribution in [0.15, 0.2) is 40.9 Å². The first-order valence-corrected chi connectivity index (χ1v) is 7.84. The van der Waals surface area contributed by atoms with Crippen LogP contribution in [0.2, 0.25) is 5.02 Å². The minimum Gasteiger partial charge on any atom is -0.485 e. The molecule has 0 fully saturated rings. The SMILES string of the molecule is CNC1CC(c2ccc(Br)c(F)c2)Oc2ccc(Cl)cc21. The first-order valence-electron chi connectivity index (χ1n) is 6.67. The van der Waals surface area contributed by atoms with Crippen LogP contribution in [0.5, 0.6) is 5.75 Å². The lowest BCUT2D eigenvalue weighted by Crippen LogP contribution is -2.26. The number of hydrogen-bond acceptors (Lipinski definition) is 2. The van der Waals surface area contributed by atoms with Crippen LogP contribution in [-0.4, -0.2) is 7.05 Å². The Labute approximate surface area is 136 Å². The Kier molecular flexibility index (Phi) is 4.20. The number of ether oxygens (including phenoxy) is 1. The number of benzene rings is 2. The van der Waals surface area contributed by atoms with E-state index in [4.69, 9.17) is 16.3 Å². The second-order valence-corrected chi connectivity index (χ2v) is 6.33. The zero-order valence-corrected chi connectivity index (χ0v) is 13.7.